The Labute approximate surface area is 68.9 Å². The second-order valence-corrected chi connectivity index (χ2v) is 2.75. The molecule has 0 aromatic carbocycles. The number of rotatable bonds is 4. The highest BCUT2D eigenvalue weighted by atomic mass is 35.5. The second kappa shape index (κ2) is 4.83. The first-order chi connectivity index (χ1) is 4.95. The molecule has 0 spiro atoms. The maximum atomic E-state index is 11.6. The van der Waals surface area contributed by atoms with Crippen LogP contribution in [-0.2, 0) is 0 Å². The molecule has 68 valence electrons. The summed E-state index contributed by atoms with van der Waals surface area (Å²) in [6.07, 6.45) is -3.57. The summed E-state index contributed by atoms with van der Waals surface area (Å²) in [7, 11) is 0. The highest BCUT2D eigenvalue weighted by molar-refractivity contribution is 6.17. The monoisotopic (exact) mass is 189 g/mol. The molecule has 11 heavy (non-hydrogen) atoms. The molecule has 0 saturated heterocycles. The second-order valence-electron chi connectivity index (χ2n) is 2.37. The molecule has 0 rings (SSSR count). The molecule has 0 fully saturated rings. The number of nitrogens with one attached hydrogen (secondary N) is 1. The quantitative estimate of drug-likeness (QED) is 0.669. The molecular formula is C6H11ClF3N. The van der Waals surface area contributed by atoms with Crippen molar-refractivity contribution in [2.75, 3.05) is 12.4 Å². The van der Waals surface area contributed by atoms with Gasteiger partial charge in [-0.2, -0.15) is 13.2 Å². The van der Waals surface area contributed by atoms with Gasteiger partial charge in [-0.15, -0.1) is 11.6 Å². The molecule has 5 heteroatoms. The zero-order valence-corrected chi connectivity index (χ0v) is 6.97. The lowest BCUT2D eigenvalue weighted by molar-refractivity contribution is -0.126. The molecule has 1 N–H and O–H groups in total. The van der Waals surface area contributed by atoms with Gasteiger partial charge in [0.05, 0.1) is 6.54 Å². The predicted octanol–water partition coefficient (Wildman–Crippen LogP) is 2.16. The summed E-state index contributed by atoms with van der Waals surface area (Å²) in [6, 6.07) is -0.172. The predicted molar refractivity (Wildman–Crippen MR) is 38.9 cm³/mol. The third-order valence-corrected chi connectivity index (χ3v) is 1.41. The van der Waals surface area contributed by atoms with E-state index in [1.165, 1.54) is 0 Å². The highest BCUT2D eigenvalue weighted by Crippen LogP contribution is 2.12. The maximum absolute atomic E-state index is 11.6. The highest BCUT2D eigenvalue weighted by Gasteiger charge is 2.26. The van der Waals surface area contributed by atoms with E-state index in [4.69, 9.17) is 11.6 Å². The molecule has 0 bridgehead atoms. The molecule has 0 aliphatic carbocycles. The van der Waals surface area contributed by atoms with Crippen LogP contribution in [0.3, 0.4) is 0 Å². The number of halogens is 4. The minimum atomic E-state index is -4.12. The fourth-order valence-corrected chi connectivity index (χ4v) is 0.883. The van der Waals surface area contributed by atoms with Crippen LogP contribution in [0.25, 0.3) is 0 Å². The van der Waals surface area contributed by atoms with Gasteiger partial charge in [0.25, 0.3) is 0 Å². The Hall–Kier alpha value is 0.0400. The SMILES string of the molecule is CC(CCCl)NCC(F)(F)F. The van der Waals surface area contributed by atoms with Gasteiger partial charge >= 0.3 is 6.18 Å². The summed E-state index contributed by atoms with van der Waals surface area (Å²) in [5.74, 6) is 0.381. The fraction of sp³-hybridized carbons (Fsp3) is 1.00. The topological polar surface area (TPSA) is 12.0 Å². The van der Waals surface area contributed by atoms with E-state index in [2.05, 4.69) is 5.32 Å². The van der Waals surface area contributed by atoms with Crippen molar-refractivity contribution < 1.29 is 13.2 Å². The van der Waals surface area contributed by atoms with Crippen molar-refractivity contribution in [3.63, 3.8) is 0 Å². The van der Waals surface area contributed by atoms with Crippen LogP contribution < -0.4 is 5.32 Å². The van der Waals surface area contributed by atoms with Crippen LogP contribution in [0.4, 0.5) is 13.2 Å². The Bertz CT molecular complexity index is 104. The van der Waals surface area contributed by atoms with Gasteiger partial charge in [-0.3, -0.25) is 0 Å². The molecule has 0 radical (unpaired) electrons. The van der Waals surface area contributed by atoms with Crippen LogP contribution in [0.15, 0.2) is 0 Å². The average molecular weight is 190 g/mol. The van der Waals surface area contributed by atoms with Gasteiger partial charge in [0.1, 0.15) is 0 Å². The standard InChI is InChI=1S/C6H11ClF3N/c1-5(2-3-7)11-4-6(8,9)10/h5,11H,2-4H2,1H3. The molecule has 0 aliphatic rings. The lowest BCUT2D eigenvalue weighted by Gasteiger charge is -2.13. The van der Waals surface area contributed by atoms with Crippen LogP contribution in [0.5, 0.6) is 0 Å². The third kappa shape index (κ3) is 7.94. The maximum Gasteiger partial charge on any atom is 0.401 e. The van der Waals surface area contributed by atoms with Crippen LogP contribution in [0.2, 0.25) is 0 Å². The summed E-state index contributed by atoms with van der Waals surface area (Å²) in [6.45, 7) is 0.735. The first-order valence-corrected chi connectivity index (χ1v) is 3.85. The van der Waals surface area contributed by atoms with Gasteiger partial charge in [0.2, 0.25) is 0 Å². The van der Waals surface area contributed by atoms with Gasteiger partial charge in [-0.1, -0.05) is 0 Å². The van der Waals surface area contributed by atoms with E-state index in [0.29, 0.717) is 12.3 Å². The Balaban J connectivity index is 3.38. The number of hydrogen-bond acceptors (Lipinski definition) is 1. The van der Waals surface area contributed by atoms with E-state index in [1.54, 1.807) is 6.92 Å². The third-order valence-electron chi connectivity index (χ3n) is 1.19. The molecule has 1 nitrogen and oxygen atoms in total. The Kier molecular flexibility index (Phi) is 4.84. The summed E-state index contributed by atoms with van der Waals surface area (Å²) in [5, 5.41) is 2.31. The van der Waals surface area contributed by atoms with E-state index < -0.39 is 12.7 Å². The molecule has 1 unspecified atom stereocenters. The van der Waals surface area contributed by atoms with Crippen LogP contribution in [0, 0.1) is 0 Å². The molecular weight excluding hydrogens is 179 g/mol. The fourth-order valence-electron chi connectivity index (χ4n) is 0.556. The van der Waals surface area contributed by atoms with E-state index in [9.17, 15) is 13.2 Å². The Morgan fingerprint density at radius 1 is 1.45 bits per heavy atom. The van der Waals surface area contributed by atoms with Gasteiger partial charge in [-0.05, 0) is 13.3 Å². The minimum Gasteiger partial charge on any atom is -0.306 e. The zero-order chi connectivity index (χ0) is 8.91. The summed E-state index contributed by atoms with van der Waals surface area (Å²) in [4.78, 5) is 0. The first kappa shape index (κ1) is 11.0. The van der Waals surface area contributed by atoms with Gasteiger partial charge in [0.15, 0.2) is 0 Å². The first-order valence-electron chi connectivity index (χ1n) is 3.32. The normalized spacial score (nSPS) is 15.0. The van der Waals surface area contributed by atoms with Crippen molar-refractivity contribution in [1.29, 1.82) is 0 Å². The van der Waals surface area contributed by atoms with Crippen molar-refractivity contribution >= 4 is 11.6 Å². The van der Waals surface area contributed by atoms with Crippen LogP contribution in [0.1, 0.15) is 13.3 Å². The molecule has 0 aliphatic heterocycles. The number of hydrogen-bond donors (Lipinski definition) is 1. The summed E-state index contributed by atoms with van der Waals surface area (Å²) in [5.41, 5.74) is 0. The van der Waals surface area contributed by atoms with Crippen molar-refractivity contribution in [3.8, 4) is 0 Å². The number of alkyl halides is 4. The Morgan fingerprint density at radius 2 is 2.00 bits per heavy atom. The minimum absolute atomic E-state index is 0.172. The summed E-state index contributed by atoms with van der Waals surface area (Å²) < 4.78 is 34.7. The van der Waals surface area contributed by atoms with Crippen molar-refractivity contribution in [3.05, 3.63) is 0 Å². The van der Waals surface area contributed by atoms with Gasteiger partial charge < -0.3 is 5.32 Å². The van der Waals surface area contributed by atoms with E-state index >= 15 is 0 Å². The molecule has 1 atom stereocenters. The van der Waals surface area contributed by atoms with Crippen molar-refractivity contribution in [2.45, 2.75) is 25.6 Å². The van der Waals surface area contributed by atoms with Crippen molar-refractivity contribution in [1.82, 2.24) is 5.32 Å². The molecule has 0 aromatic rings. The van der Waals surface area contributed by atoms with Crippen LogP contribution >= 0.6 is 11.6 Å². The zero-order valence-electron chi connectivity index (χ0n) is 6.21. The Morgan fingerprint density at radius 3 is 2.36 bits per heavy atom. The molecule has 0 amide bonds. The van der Waals surface area contributed by atoms with Gasteiger partial charge in [-0.25, -0.2) is 0 Å². The molecule has 0 heterocycles. The van der Waals surface area contributed by atoms with E-state index in [-0.39, 0.29) is 6.04 Å². The lowest BCUT2D eigenvalue weighted by atomic mass is 10.2. The summed E-state index contributed by atoms with van der Waals surface area (Å²) >= 11 is 5.33. The molecule has 0 saturated carbocycles. The average Bonchev–Trinajstić information content (AvgIpc) is 1.83. The van der Waals surface area contributed by atoms with Crippen LogP contribution in [-0.4, -0.2) is 24.6 Å². The molecule has 0 aromatic heterocycles. The van der Waals surface area contributed by atoms with E-state index in [1.807, 2.05) is 0 Å². The van der Waals surface area contributed by atoms with Gasteiger partial charge in [0, 0.05) is 11.9 Å². The van der Waals surface area contributed by atoms with E-state index in [0.717, 1.165) is 0 Å². The smallest absolute Gasteiger partial charge is 0.306 e. The van der Waals surface area contributed by atoms with Crippen molar-refractivity contribution in [2.24, 2.45) is 0 Å². The largest absolute Gasteiger partial charge is 0.401 e. The lowest BCUT2D eigenvalue weighted by Crippen LogP contribution is -2.35.